The summed E-state index contributed by atoms with van der Waals surface area (Å²) < 4.78 is 5.37. The summed E-state index contributed by atoms with van der Waals surface area (Å²) in [5, 5.41) is 6.13. The fraction of sp³-hybridized carbons (Fsp3) is 0.348. The van der Waals surface area contributed by atoms with E-state index >= 15 is 0 Å². The minimum absolute atomic E-state index is 0.0811. The molecule has 0 fully saturated rings. The third-order valence-corrected chi connectivity index (χ3v) is 6.35. The summed E-state index contributed by atoms with van der Waals surface area (Å²) >= 11 is 7.98. The Bertz CT molecular complexity index is 986. The minimum Gasteiger partial charge on any atom is -0.458 e. The number of benzene rings is 1. The number of amidine groups is 1. The van der Waals surface area contributed by atoms with Gasteiger partial charge in [0.1, 0.15) is 6.61 Å². The van der Waals surface area contributed by atoms with Crippen molar-refractivity contribution in [2.24, 2.45) is 4.99 Å². The van der Waals surface area contributed by atoms with Crippen molar-refractivity contribution in [1.29, 1.82) is 0 Å². The lowest BCUT2D eigenvalue weighted by Crippen LogP contribution is -2.39. The highest BCUT2D eigenvalue weighted by Crippen LogP contribution is 2.46. The number of aliphatic imine (C=N–C) groups is 1. The number of hydrogen-bond acceptors (Lipinski definition) is 6. The van der Waals surface area contributed by atoms with Gasteiger partial charge in [-0.15, -0.1) is 0 Å². The van der Waals surface area contributed by atoms with Crippen LogP contribution in [0.2, 0.25) is 5.02 Å². The smallest absolute Gasteiger partial charge is 0.338 e. The van der Waals surface area contributed by atoms with Crippen LogP contribution in [0.3, 0.4) is 0 Å². The van der Waals surface area contributed by atoms with Crippen molar-refractivity contribution in [3.8, 4) is 0 Å². The number of allylic oxidation sites excluding steroid dienone is 1. The molecule has 3 rings (SSSR count). The molecular weight excluding hydrogens is 434 g/mol. The molecule has 1 amide bonds. The second-order valence-corrected chi connectivity index (χ2v) is 8.60. The fourth-order valence-electron chi connectivity index (χ4n) is 3.43. The van der Waals surface area contributed by atoms with Crippen molar-refractivity contribution < 1.29 is 14.3 Å². The summed E-state index contributed by atoms with van der Waals surface area (Å²) in [6.07, 6.45) is 2.54. The van der Waals surface area contributed by atoms with E-state index in [1.807, 2.05) is 42.4 Å². The molecule has 1 aromatic carbocycles. The predicted octanol–water partition coefficient (Wildman–Crippen LogP) is 4.95. The number of carbonyl (C=O) groups is 2. The number of esters is 1. The van der Waals surface area contributed by atoms with Crippen LogP contribution in [0.25, 0.3) is 0 Å². The molecule has 2 aliphatic rings. The Kier molecular flexibility index (Phi) is 7.62. The van der Waals surface area contributed by atoms with Crippen LogP contribution in [-0.2, 0) is 14.3 Å². The molecule has 1 N–H and O–H groups in total. The molecule has 1 aromatic rings. The highest BCUT2D eigenvalue weighted by molar-refractivity contribution is 8.16. The third-order valence-electron chi connectivity index (χ3n) is 5.11. The first-order chi connectivity index (χ1) is 14.9. The number of halogens is 1. The lowest BCUT2D eigenvalue weighted by atomic mass is 9.93. The zero-order chi connectivity index (χ0) is 22.5. The lowest BCUT2D eigenvalue weighted by Gasteiger charge is -2.36. The van der Waals surface area contributed by atoms with Gasteiger partial charge in [0.2, 0.25) is 5.91 Å². The molecule has 6 nitrogen and oxygen atoms in total. The topological polar surface area (TPSA) is 71.0 Å². The summed E-state index contributed by atoms with van der Waals surface area (Å²) in [6.45, 7) is 9.47. The van der Waals surface area contributed by atoms with Crippen LogP contribution in [0, 0.1) is 0 Å². The molecule has 2 atom stereocenters. The number of ether oxygens (including phenoxy) is 1. The van der Waals surface area contributed by atoms with Crippen LogP contribution in [0.4, 0.5) is 0 Å². The Morgan fingerprint density at radius 3 is 2.84 bits per heavy atom. The number of nitrogens with one attached hydrogen (secondary N) is 1. The van der Waals surface area contributed by atoms with Crippen LogP contribution in [0.1, 0.15) is 45.2 Å². The molecule has 2 aliphatic heterocycles. The average Bonchev–Trinajstić information content (AvgIpc) is 3.13. The lowest BCUT2D eigenvalue weighted by molar-refractivity contribution is -0.138. The Balaban J connectivity index is 2.01. The van der Waals surface area contributed by atoms with E-state index in [1.165, 1.54) is 17.8 Å². The first-order valence-electron chi connectivity index (χ1n) is 10.1. The standard InChI is InChI=1S/C23H26ClN3O3S/c1-5-11-30-22(29)20-15(4)26-23-27(21(20)17-9-7-8-10-18(17)24)16(13-31-23)12-19(28)25-14(3)6-2/h5,7-10,13-14,21H,1,6,11-12H2,2-4H3,(H,25,28). The summed E-state index contributed by atoms with van der Waals surface area (Å²) in [5.74, 6) is -0.562. The highest BCUT2D eigenvalue weighted by Gasteiger charge is 2.41. The summed E-state index contributed by atoms with van der Waals surface area (Å²) in [6, 6.07) is 6.91. The monoisotopic (exact) mass is 459 g/mol. The summed E-state index contributed by atoms with van der Waals surface area (Å²) in [7, 11) is 0. The molecule has 0 saturated carbocycles. The number of rotatable bonds is 8. The summed E-state index contributed by atoms with van der Waals surface area (Å²) in [5.41, 5.74) is 2.47. The van der Waals surface area contributed by atoms with E-state index in [9.17, 15) is 9.59 Å². The number of amides is 1. The molecule has 164 valence electrons. The molecule has 0 radical (unpaired) electrons. The van der Waals surface area contributed by atoms with Gasteiger partial charge in [0.05, 0.1) is 23.7 Å². The first-order valence-corrected chi connectivity index (χ1v) is 11.4. The van der Waals surface area contributed by atoms with Crippen molar-refractivity contribution in [2.75, 3.05) is 6.61 Å². The van der Waals surface area contributed by atoms with Crippen LogP contribution < -0.4 is 5.32 Å². The Hall–Kier alpha value is -2.51. The number of hydrogen-bond donors (Lipinski definition) is 1. The van der Waals surface area contributed by atoms with E-state index in [0.29, 0.717) is 21.5 Å². The molecule has 2 unspecified atom stereocenters. The highest BCUT2D eigenvalue weighted by atomic mass is 35.5. The molecule has 0 spiro atoms. The molecule has 0 bridgehead atoms. The Morgan fingerprint density at radius 1 is 1.42 bits per heavy atom. The van der Waals surface area contributed by atoms with Gasteiger partial charge in [-0.2, -0.15) is 0 Å². The van der Waals surface area contributed by atoms with E-state index in [-0.39, 0.29) is 25.0 Å². The molecule has 31 heavy (non-hydrogen) atoms. The maximum Gasteiger partial charge on any atom is 0.338 e. The van der Waals surface area contributed by atoms with Gasteiger partial charge in [-0.25, -0.2) is 9.79 Å². The second-order valence-electron chi connectivity index (χ2n) is 7.36. The van der Waals surface area contributed by atoms with Gasteiger partial charge in [-0.05, 0) is 37.3 Å². The zero-order valence-electron chi connectivity index (χ0n) is 17.9. The maximum absolute atomic E-state index is 13.0. The molecule has 0 aliphatic carbocycles. The van der Waals surface area contributed by atoms with E-state index in [1.54, 1.807) is 13.0 Å². The van der Waals surface area contributed by atoms with Gasteiger partial charge in [0.15, 0.2) is 5.17 Å². The fourth-order valence-corrected chi connectivity index (χ4v) is 4.63. The number of thioether (sulfide) groups is 1. The maximum atomic E-state index is 13.0. The van der Waals surface area contributed by atoms with E-state index in [0.717, 1.165) is 17.7 Å². The quantitative estimate of drug-likeness (QED) is 0.440. The van der Waals surface area contributed by atoms with E-state index in [4.69, 9.17) is 16.3 Å². The van der Waals surface area contributed by atoms with E-state index < -0.39 is 12.0 Å². The van der Waals surface area contributed by atoms with Crippen molar-refractivity contribution in [3.05, 3.63) is 69.9 Å². The molecule has 8 heteroatoms. The Labute approximate surface area is 192 Å². The molecule has 2 heterocycles. The van der Waals surface area contributed by atoms with Gasteiger partial charge in [-0.1, -0.05) is 61.1 Å². The summed E-state index contributed by atoms with van der Waals surface area (Å²) in [4.78, 5) is 32.1. The van der Waals surface area contributed by atoms with Crippen molar-refractivity contribution in [3.63, 3.8) is 0 Å². The van der Waals surface area contributed by atoms with Crippen molar-refractivity contribution >= 4 is 40.4 Å². The van der Waals surface area contributed by atoms with Crippen molar-refractivity contribution in [1.82, 2.24) is 10.2 Å². The number of nitrogens with zero attached hydrogens (tertiary/aromatic N) is 2. The Morgan fingerprint density at radius 2 is 2.16 bits per heavy atom. The molecule has 0 aromatic heterocycles. The number of fused-ring (bicyclic) bond motifs is 1. The van der Waals surface area contributed by atoms with Gasteiger partial charge < -0.3 is 15.0 Å². The second kappa shape index (κ2) is 10.2. The first kappa shape index (κ1) is 23.2. The van der Waals surface area contributed by atoms with E-state index in [2.05, 4.69) is 16.9 Å². The van der Waals surface area contributed by atoms with Gasteiger partial charge in [0, 0.05) is 16.8 Å². The largest absolute Gasteiger partial charge is 0.458 e. The van der Waals surface area contributed by atoms with Crippen LogP contribution >= 0.6 is 23.4 Å². The normalized spacial score (nSPS) is 18.7. The van der Waals surface area contributed by atoms with Gasteiger partial charge in [-0.3, -0.25) is 4.79 Å². The minimum atomic E-state index is -0.545. The van der Waals surface area contributed by atoms with Gasteiger partial charge >= 0.3 is 5.97 Å². The van der Waals surface area contributed by atoms with Gasteiger partial charge in [0.25, 0.3) is 0 Å². The molecular formula is C23H26ClN3O3S. The van der Waals surface area contributed by atoms with Crippen LogP contribution in [0.15, 0.2) is 64.3 Å². The average molecular weight is 460 g/mol. The number of carbonyl (C=O) groups excluding carboxylic acids is 2. The third kappa shape index (κ3) is 5.05. The predicted molar refractivity (Wildman–Crippen MR) is 126 cm³/mol. The van der Waals surface area contributed by atoms with Crippen LogP contribution in [0.5, 0.6) is 0 Å². The SMILES string of the molecule is C=CCOC(=O)C1=C(C)N=C2SC=C(CC(=O)NC(C)CC)N2C1c1ccccc1Cl. The molecule has 0 saturated heterocycles. The van der Waals surface area contributed by atoms with Crippen LogP contribution in [-0.4, -0.2) is 34.6 Å². The zero-order valence-corrected chi connectivity index (χ0v) is 19.4. The van der Waals surface area contributed by atoms with Crippen molar-refractivity contribution in [2.45, 2.75) is 45.7 Å².